The maximum Gasteiger partial charge on any atom is 0.427 e. The Bertz CT molecular complexity index is 2900. The Morgan fingerprint density at radius 1 is 0.892 bits per heavy atom. The number of hydrogen-bond donors (Lipinski definition) is 3. The molecule has 8 rings (SSSR count). The zero-order valence-electron chi connectivity index (χ0n) is 34.4. The summed E-state index contributed by atoms with van der Waals surface area (Å²) in [6.45, 7) is 3.75. The van der Waals surface area contributed by atoms with Crippen LogP contribution in [0.25, 0.3) is 5.65 Å². The number of sulfonamides is 1. The first-order valence-electron chi connectivity index (χ1n) is 20.4. The van der Waals surface area contributed by atoms with Crippen molar-refractivity contribution in [2.45, 2.75) is 44.8 Å². The zero-order chi connectivity index (χ0) is 45.8. The third kappa shape index (κ3) is 10.7. The number of pyridine rings is 1. The highest BCUT2D eigenvalue weighted by Gasteiger charge is 2.46. The molecule has 5 heterocycles. The molecule has 2 amide bonds. The molecule has 0 unspecified atom stereocenters. The minimum Gasteiger partial charge on any atom is -0.380 e. The molecule has 0 radical (unpaired) electrons. The number of alkyl halides is 3. The fourth-order valence-electron chi connectivity index (χ4n) is 7.45. The average molecular weight is 967 g/mol. The minimum atomic E-state index is -5.68. The number of thioether (sulfide) groups is 1. The van der Waals surface area contributed by atoms with Crippen molar-refractivity contribution in [3.63, 3.8) is 0 Å². The molecule has 0 bridgehead atoms. The molecular formula is C43H42ClF2N9O7S3. The lowest BCUT2D eigenvalue weighted by Crippen LogP contribution is -2.39. The van der Waals surface area contributed by atoms with E-state index < -0.39 is 52.2 Å². The molecule has 2 aliphatic heterocycles. The number of ether oxygens (including phenoxy) is 1. The van der Waals surface area contributed by atoms with Crippen LogP contribution in [0.15, 0.2) is 124 Å². The quantitative estimate of drug-likeness (QED) is 0.0764. The topological polar surface area (TPSA) is 197 Å². The number of carbonyl (C=O) groups is 2. The van der Waals surface area contributed by atoms with Crippen LogP contribution in [0, 0.1) is 0 Å². The number of benzene rings is 3. The molecule has 3 aromatic heterocycles. The van der Waals surface area contributed by atoms with E-state index in [2.05, 4.69) is 30.6 Å². The van der Waals surface area contributed by atoms with Crippen LogP contribution in [0.3, 0.4) is 0 Å². The largest absolute Gasteiger partial charge is 0.427 e. The van der Waals surface area contributed by atoms with Crippen LogP contribution in [0.4, 0.5) is 26.1 Å². The summed E-state index contributed by atoms with van der Waals surface area (Å²) >= 11 is 6.62. The Morgan fingerprint density at radius 3 is 2.45 bits per heavy atom. The van der Waals surface area contributed by atoms with Gasteiger partial charge in [0.25, 0.3) is 31.7 Å². The Labute approximate surface area is 382 Å². The number of fused-ring (bicyclic) bond motifs is 2. The molecule has 6 aromatic rings. The summed E-state index contributed by atoms with van der Waals surface area (Å²) in [4.78, 5) is 39.0. The summed E-state index contributed by atoms with van der Waals surface area (Å²) in [6.07, 6.45) is 4.20. The molecule has 340 valence electrons. The molecule has 0 saturated carbocycles. The Hall–Kier alpha value is -5.71. The molecule has 65 heavy (non-hydrogen) atoms. The number of nitrogens with zero attached hydrogens (tertiary/aromatic N) is 6. The number of aromatic nitrogens is 4. The van der Waals surface area contributed by atoms with Crippen molar-refractivity contribution in [2.75, 3.05) is 60.7 Å². The maximum atomic E-state index is 14.7. The predicted octanol–water partition coefficient (Wildman–Crippen LogP) is 5.92. The van der Waals surface area contributed by atoms with Crippen molar-refractivity contribution in [2.24, 2.45) is 0 Å². The molecule has 0 aliphatic carbocycles. The van der Waals surface area contributed by atoms with Crippen molar-refractivity contribution in [1.29, 1.82) is 0 Å². The van der Waals surface area contributed by atoms with Gasteiger partial charge in [-0.2, -0.15) is 13.9 Å². The zero-order valence-corrected chi connectivity index (χ0v) is 37.6. The molecule has 16 nitrogen and oxygen atoms in total. The summed E-state index contributed by atoms with van der Waals surface area (Å²) in [5.74, 6) is -0.533. The average Bonchev–Trinajstić information content (AvgIpc) is 3.72. The van der Waals surface area contributed by atoms with Gasteiger partial charge < -0.3 is 20.3 Å². The number of anilines is 3. The van der Waals surface area contributed by atoms with Gasteiger partial charge in [-0.25, -0.2) is 36.0 Å². The van der Waals surface area contributed by atoms with E-state index in [1.54, 1.807) is 42.7 Å². The van der Waals surface area contributed by atoms with Crippen LogP contribution in [-0.4, -0.2) is 109 Å². The third-order valence-electron chi connectivity index (χ3n) is 10.8. The van der Waals surface area contributed by atoms with Gasteiger partial charge in [-0.05, 0) is 96.2 Å². The fraction of sp³-hybridized carbons (Fsp3) is 0.279. The minimum absolute atomic E-state index is 0.226. The SMILES string of the molecule is O=C(NS(=O)(=O)c1ccc(N[C@H](CCN2CCOCC2)CSc2ccccc2)c(S(=O)(=O)C(F)(F)Cl)c1)c1cccc(N2CCc3cccc(C(=O)Nc4cn5ncccc5n4)c3C2)n1. The first kappa shape index (κ1) is 45.8. The van der Waals surface area contributed by atoms with Gasteiger partial charge in [-0.1, -0.05) is 36.4 Å². The van der Waals surface area contributed by atoms with Gasteiger partial charge in [-0.15, -0.1) is 11.8 Å². The monoisotopic (exact) mass is 965 g/mol. The molecular weight excluding hydrogens is 924 g/mol. The molecule has 3 aromatic carbocycles. The number of carbonyl (C=O) groups excluding carboxylic acids is 2. The van der Waals surface area contributed by atoms with Crippen LogP contribution in [0.5, 0.6) is 0 Å². The second kappa shape index (κ2) is 19.4. The standard InChI is InChI=1S/C43H42ClF2N9O7S3/c44-43(45,46)64(58,59)37-25-32(14-15-35(37)48-30(17-19-53-21-23-62-24-22-53)28-63-31-8-2-1-3-9-31)65(60,61)52-42(57)36-11-5-12-39(49-36)54-20-16-29-7-4-10-33(34(29)26-54)41(56)51-38-27-55-40(50-38)13-6-18-47-55/h1-15,18,25,27,30,48H,16-17,19-24,26,28H2,(H,51,56)(H,52,57)/t30-/m1/s1. The van der Waals surface area contributed by atoms with Gasteiger partial charge in [-0.3, -0.25) is 14.5 Å². The number of hydrogen-bond acceptors (Lipinski definition) is 14. The summed E-state index contributed by atoms with van der Waals surface area (Å²) in [5.41, 5.74) is 2.03. The summed E-state index contributed by atoms with van der Waals surface area (Å²) in [7, 11) is -10.6. The number of amides is 2. The summed E-state index contributed by atoms with van der Waals surface area (Å²) in [6, 6.07) is 24.9. The van der Waals surface area contributed by atoms with E-state index in [4.69, 9.17) is 16.3 Å². The normalized spacial score (nSPS) is 15.3. The fourth-order valence-corrected chi connectivity index (χ4v) is 10.7. The predicted molar refractivity (Wildman–Crippen MR) is 242 cm³/mol. The Kier molecular flexibility index (Phi) is 13.7. The van der Waals surface area contributed by atoms with Gasteiger partial charge in [0.05, 0.1) is 34.9 Å². The molecule has 1 fully saturated rings. The van der Waals surface area contributed by atoms with E-state index in [-0.39, 0.29) is 17.9 Å². The highest BCUT2D eigenvalue weighted by molar-refractivity contribution is 7.99. The second-order valence-electron chi connectivity index (χ2n) is 15.2. The van der Waals surface area contributed by atoms with Crippen LogP contribution >= 0.6 is 23.4 Å². The van der Waals surface area contributed by atoms with Crippen molar-refractivity contribution < 1.29 is 39.9 Å². The van der Waals surface area contributed by atoms with Crippen LogP contribution in [0.1, 0.15) is 38.4 Å². The number of halogens is 3. The molecule has 22 heteroatoms. The van der Waals surface area contributed by atoms with Gasteiger partial charge in [0.1, 0.15) is 11.5 Å². The van der Waals surface area contributed by atoms with Crippen LogP contribution in [0.2, 0.25) is 0 Å². The maximum absolute atomic E-state index is 14.7. The number of rotatable bonds is 16. The van der Waals surface area contributed by atoms with E-state index in [1.807, 2.05) is 46.0 Å². The first-order chi connectivity index (χ1) is 31.1. The van der Waals surface area contributed by atoms with E-state index in [1.165, 1.54) is 28.4 Å². The lowest BCUT2D eigenvalue weighted by molar-refractivity contribution is 0.0370. The lowest BCUT2D eigenvalue weighted by atomic mass is 9.94. The molecule has 1 atom stereocenters. The number of imidazole rings is 1. The van der Waals surface area contributed by atoms with E-state index in [0.717, 1.165) is 28.2 Å². The molecule has 2 aliphatic rings. The number of morpholine rings is 1. The van der Waals surface area contributed by atoms with E-state index in [0.29, 0.717) is 86.9 Å². The lowest BCUT2D eigenvalue weighted by Gasteiger charge is -2.31. The summed E-state index contributed by atoms with van der Waals surface area (Å²) < 4.78 is 87.5. The number of nitrogens with one attached hydrogen (secondary N) is 3. The summed E-state index contributed by atoms with van der Waals surface area (Å²) in [5, 5.41) is 10.1. The molecule has 0 spiro atoms. The smallest absolute Gasteiger partial charge is 0.380 e. The Balaban J connectivity index is 1.000. The van der Waals surface area contributed by atoms with E-state index >= 15 is 0 Å². The van der Waals surface area contributed by atoms with Crippen molar-refractivity contribution >= 4 is 78.0 Å². The van der Waals surface area contributed by atoms with E-state index in [9.17, 15) is 35.2 Å². The second-order valence-corrected chi connectivity index (χ2v) is 20.6. The van der Waals surface area contributed by atoms with Gasteiger partial charge in [0.15, 0.2) is 11.5 Å². The van der Waals surface area contributed by atoms with Crippen molar-refractivity contribution in [3.05, 3.63) is 132 Å². The highest BCUT2D eigenvalue weighted by Crippen LogP contribution is 2.38. The van der Waals surface area contributed by atoms with Gasteiger partial charge in [0.2, 0.25) is 0 Å². The highest BCUT2D eigenvalue weighted by atomic mass is 35.5. The third-order valence-corrected chi connectivity index (χ3v) is 15.5. The van der Waals surface area contributed by atoms with Crippen molar-refractivity contribution in [3.8, 4) is 0 Å². The Morgan fingerprint density at radius 2 is 1.68 bits per heavy atom. The van der Waals surface area contributed by atoms with Crippen molar-refractivity contribution in [1.82, 2.24) is 29.2 Å². The molecule has 1 saturated heterocycles. The van der Waals surface area contributed by atoms with Gasteiger partial charge in [0, 0.05) is 61.2 Å². The first-order valence-corrected chi connectivity index (χ1v) is 24.7. The molecule has 3 N–H and O–H groups in total. The van der Waals surface area contributed by atoms with Crippen LogP contribution in [-0.2, 0) is 37.6 Å². The van der Waals surface area contributed by atoms with Gasteiger partial charge >= 0.3 is 4.71 Å². The van der Waals surface area contributed by atoms with Crippen LogP contribution < -0.4 is 20.3 Å². The number of sulfone groups is 1.